The molecule has 2 aliphatic rings. The van der Waals surface area contributed by atoms with E-state index in [1.54, 1.807) is 0 Å². The smallest absolute Gasteiger partial charge is 0.410 e. The van der Waals surface area contributed by atoms with Gasteiger partial charge in [0.15, 0.2) is 17.5 Å². The summed E-state index contributed by atoms with van der Waals surface area (Å²) < 4.78 is 122. The third-order valence-electron chi connectivity index (χ3n) is 5.37. The molecule has 1 aliphatic carbocycles. The van der Waals surface area contributed by atoms with Crippen LogP contribution in [0, 0.1) is 35.1 Å². The molecule has 1 heterocycles. The number of allylic oxidation sites excluding steroid dienone is 3. The molecule has 2 nitrogen and oxygen atoms in total. The van der Waals surface area contributed by atoms with Gasteiger partial charge in [-0.1, -0.05) is 6.92 Å². The summed E-state index contributed by atoms with van der Waals surface area (Å²) in [5, 5.41) is 0. The van der Waals surface area contributed by atoms with Gasteiger partial charge in [0.1, 0.15) is 35.2 Å². The molecule has 0 fully saturated rings. The van der Waals surface area contributed by atoms with Crippen LogP contribution in [0.1, 0.15) is 18.1 Å². The molecule has 0 amide bonds. The first kappa shape index (κ1) is 23.1. The summed E-state index contributed by atoms with van der Waals surface area (Å²) >= 11 is 0. The molecule has 3 atom stereocenters. The molecular formula is C23H16F8O2. The van der Waals surface area contributed by atoms with Crippen molar-refractivity contribution in [3.63, 3.8) is 0 Å². The molecule has 3 unspecified atom stereocenters. The minimum absolute atomic E-state index is 0.120. The molecule has 2 aromatic rings. The van der Waals surface area contributed by atoms with Gasteiger partial charge in [0.25, 0.3) is 0 Å². The average Bonchev–Trinajstić information content (AvgIpc) is 2.70. The molecule has 10 heteroatoms. The van der Waals surface area contributed by atoms with Crippen LogP contribution in [0.3, 0.4) is 0 Å². The predicted octanol–water partition coefficient (Wildman–Crippen LogP) is 6.69. The largest absolute Gasteiger partial charge is 0.493 e. The number of benzene rings is 2. The van der Waals surface area contributed by atoms with E-state index in [9.17, 15) is 35.1 Å². The average molecular weight is 476 g/mol. The Bertz CT molecular complexity index is 1130. The summed E-state index contributed by atoms with van der Waals surface area (Å²) in [6.07, 6.45) is -5.65. The lowest BCUT2D eigenvalue weighted by Gasteiger charge is -2.30. The van der Waals surface area contributed by atoms with Crippen molar-refractivity contribution in [2.24, 2.45) is 11.8 Å². The maximum absolute atomic E-state index is 14.7. The molecule has 0 spiro atoms. The Morgan fingerprint density at radius 3 is 2.27 bits per heavy atom. The van der Waals surface area contributed by atoms with Crippen LogP contribution in [0.2, 0.25) is 0 Å². The monoisotopic (exact) mass is 476 g/mol. The minimum Gasteiger partial charge on any atom is -0.493 e. The molecule has 0 bridgehead atoms. The summed E-state index contributed by atoms with van der Waals surface area (Å²) in [5.41, 5.74) is 0.00383. The molecule has 4 rings (SSSR count). The van der Waals surface area contributed by atoms with Crippen molar-refractivity contribution >= 4 is 5.57 Å². The molecule has 1 aliphatic heterocycles. The van der Waals surface area contributed by atoms with Crippen LogP contribution in [0.25, 0.3) is 5.57 Å². The maximum Gasteiger partial charge on any atom is 0.410 e. The fourth-order valence-electron chi connectivity index (χ4n) is 3.81. The van der Waals surface area contributed by atoms with Gasteiger partial charge < -0.3 is 9.47 Å². The first-order valence-electron chi connectivity index (χ1n) is 9.86. The van der Waals surface area contributed by atoms with Gasteiger partial charge in [-0.2, -0.15) is 8.78 Å². The number of halogens is 8. The number of hydrogen-bond donors (Lipinski definition) is 0. The third kappa shape index (κ3) is 4.43. The maximum atomic E-state index is 14.7. The van der Waals surface area contributed by atoms with Crippen LogP contribution in [0.4, 0.5) is 35.1 Å². The highest BCUT2D eigenvalue weighted by atomic mass is 19.3. The zero-order valence-electron chi connectivity index (χ0n) is 17.0. The Labute approximate surface area is 183 Å². The van der Waals surface area contributed by atoms with Crippen LogP contribution in [0.15, 0.2) is 42.2 Å². The lowest BCUT2D eigenvalue weighted by molar-refractivity contribution is -0.219. The van der Waals surface area contributed by atoms with Crippen molar-refractivity contribution in [3.05, 3.63) is 76.6 Å². The van der Waals surface area contributed by atoms with E-state index in [2.05, 4.69) is 4.74 Å². The van der Waals surface area contributed by atoms with Crippen LogP contribution in [-0.4, -0.2) is 18.9 Å². The van der Waals surface area contributed by atoms with Gasteiger partial charge >= 0.3 is 6.11 Å². The van der Waals surface area contributed by atoms with Gasteiger partial charge in [-0.25, -0.2) is 26.3 Å². The number of rotatable bonds is 4. The Hall–Kier alpha value is -3.04. The van der Waals surface area contributed by atoms with E-state index < -0.39 is 53.0 Å². The van der Waals surface area contributed by atoms with E-state index in [1.165, 1.54) is 12.1 Å². The van der Waals surface area contributed by atoms with Crippen LogP contribution < -0.4 is 9.47 Å². The fourth-order valence-corrected chi connectivity index (χ4v) is 3.81. The number of fused-ring (bicyclic) bond motifs is 1. The van der Waals surface area contributed by atoms with Gasteiger partial charge in [0, 0.05) is 17.7 Å². The summed E-state index contributed by atoms with van der Waals surface area (Å²) in [5.74, 6) is -11.6. The SMILES string of the molecule is CC1COc2cc(C3=CC(F)C(C(F)(F)Oc4cc(F)c(F)c(F)c4)C(F)=C3)c(F)cc2C1. The van der Waals surface area contributed by atoms with Crippen molar-refractivity contribution in [1.29, 1.82) is 0 Å². The summed E-state index contributed by atoms with van der Waals surface area (Å²) in [6, 6.07) is 2.66. The topological polar surface area (TPSA) is 18.5 Å². The van der Waals surface area contributed by atoms with E-state index >= 15 is 0 Å². The van der Waals surface area contributed by atoms with E-state index in [1.807, 2.05) is 6.92 Å². The van der Waals surface area contributed by atoms with Crippen molar-refractivity contribution in [2.45, 2.75) is 25.6 Å². The molecule has 0 N–H and O–H groups in total. The minimum atomic E-state index is -4.62. The van der Waals surface area contributed by atoms with E-state index in [-0.39, 0.29) is 29.2 Å². The quantitative estimate of drug-likeness (QED) is 0.362. The molecule has 0 aromatic heterocycles. The summed E-state index contributed by atoms with van der Waals surface area (Å²) in [7, 11) is 0. The van der Waals surface area contributed by atoms with Gasteiger partial charge in [0.05, 0.1) is 6.61 Å². The summed E-state index contributed by atoms with van der Waals surface area (Å²) in [4.78, 5) is 0. The number of alkyl halides is 3. The van der Waals surface area contributed by atoms with E-state index in [4.69, 9.17) is 4.74 Å². The Kier molecular flexibility index (Phi) is 5.88. The fraction of sp³-hybridized carbons (Fsp3) is 0.304. The Morgan fingerprint density at radius 2 is 1.64 bits per heavy atom. The second-order valence-electron chi connectivity index (χ2n) is 8.00. The van der Waals surface area contributed by atoms with E-state index in [0.717, 1.165) is 0 Å². The zero-order valence-corrected chi connectivity index (χ0v) is 17.0. The second kappa shape index (κ2) is 8.39. The zero-order chi connectivity index (χ0) is 24.1. The van der Waals surface area contributed by atoms with Crippen LogP contribution >= 0.6 is 0 Å². The van der Waals surface area contributed by atoms with Crippen molar-refractivity contribution in [1.82, 2.24) is 0 Å². The predicted molar refractivity (Wildman–Crippen MR) is 102 cm³/mol. The van der Waals surface area contributed by atoms with E-state index in [0.29, 0.717) is 36.5 Å². The van der Waals surface area contributed by atoms with Crippen LogP contribution in [-0.2, 0) is 6.42 Å². The number of ether oxygens (including phenoxy) is 2. The molecule has 2 aromatic carbocycles. The molecule has 0 saturated carbocycles. The second-order valence-corrected chi connectivity index (χ2v) is 8.00. The van der Waals surface area contributed by atoms with Crippen molar-refractivity contribution in [3.8, 4) is 11.5 Å². The first-order chi connectivity index (χ1) is 15.5. The molecule has 0 radical (unpaired) electrons. The van der Waals surface area contributed by atoms with Gasteiger partial charge in [-0.15, -0.1) is 0 Å². The molecule has 33 heavy (non-hydrogen) atoms. The highest BCUT2D eigenvalue weighted by Gasteiger charge is 2.51. The van der Waals surface area contributed by atoms with Crippen LogP contribution in [0.5, 0.6) is 11.5 Å². The molecular weight excluding hydrogens is 460 g/mol. The lowest BCUT2D eigenvalue weighted by atomic mass is 9.88. The van der Waals surface area contributed by atoms with Crippen molar-refractivity contribution in [2.75, 3.05) is 6.61 Å². The Balaban J connectivity index is 1.61. The normalized spacial score (nSPS) is 22.8. The highest BCUT2D eigenvalue weighted by molar-refractivity contribution is 5.77. The number of hydrogen-bond acceptors (Lipinski definition) is 2. The van der Waals surface area contributed by atoms with Gasteiger partial charge in [-0.05, 0) is 47.8 Å². The highest BCUT2D eigenvalue weighted by Crippen LogP contribution is 2.43. The Morgan fingerprint density at radius 1 is 0.970 bits per heavy atom. The third-order valence-corrected chi connectivity index (χ3v) is 5.37. The molecule has 0 saturated heterocycles. The van der Waals surface area contributed by atoms with Gasteiger partial charge in [-0.3, -0.25) is 0 Å². The molecule has 176 valence electrons. The van der Waals surface area contributed by atoms with Crippen molar-refractivity contribution < 1.29 is 44.6 Å². The summed E-state index contributed by atoms with van der Waals surface area (Å²) in [6.45, 7) is 2.27. The van der Waals surface area contributed by atoms with Gasteiger partial charge in [0.2, 0.25) is 0 Å². The standard InChI is InChI=1S/C23H16F8O2/c1-10-2-12-5-15(24)14(8-20(12)32-9-10)11-3-16(25)21(17(26)4-11)23(30,31)33-13-6-18(27)22(29)19(28)7-13/h3-8,10,16,21H,2,9H2,1H3. The first-order valence-corrected chi connectivity index (χ1v) is 9.86. The lowest BCUT2D eigenvalue weighted by Crippen LogP contribution is -2.41.